The van der Waals surface area contributed by atoms with Crippen molar-refractivity contribution in [3.63, 3.8) is 0 Å². The van der Waals surface area contributed by atoms with E-state index in [-0.39, 0.29) is 23.3 Å². The van der Waals surface area contributed by atoms with Crippen LogP contribution in [-0.2, 0) is 16.1 Å². The molecule has 1 aliphatic rings. The van der Waals surface area contributed by atoms with Crippen LogP contribution in [0.15, 0.2) is 48.8 Å². The zero-order valence-electron chi connectivity index (χ0n) is 15.2. The van der Waals surface area contributed by atoms with Crippen LogP contribution >= 0.6 is 0 Å². The molecule has 1 aromatic heterocycles. The van der Waals surface area contributed by atoms with Crippen LogP contribution in [0.2, 0.25) is 0 Å². The van der Waals surface area contributed by atoms with Gasteiger partial charge in [0, 0.05) is 38.2 Å². The van der Waals surface area contributed by atoms with Gasteiger partial charge in [0.1, 0.15) is 5.82 Å². The first kappa shape index (κ1) is 19.6. The number of hydrogen-bond donors (Lipinski definition) is 0. The second-order valence-corrected chi connectivity index (χ2v) is 6.51. The number of carbonyl (C=O) groups excluding carboxylic acids is 1. The SMILES string of the molecule is O=C(C=Cc1ccc(F)cc1[N+](=O)[O-])N(Cc1cccnc1)CC1CCCO1. The maximum atomic E-state index is 13.3. The minimum absolute atomic E-state index is 0.0332. The zero-order chi connectivity index (χ0) is 19.9. The Kier molecular flexibility index (Phi) is 6.44. The van der Waals surface area contributed by atoms with Crippen LogP contribution in [0.1, 0.15) is 24.0 Å². The number of pyridine rings is 1. The molecule has 0 N–H and O–H groups in total. The minimum Gasteiger partial charge on any atom is -0.376 e. The molecule has 2 aromatic rings. The summed E-state index contributed by atoms with van der Waals surface area (Å²) >= 11 is 0. The average Bonchev–Trinajstić information content (AvgIpc) is 3.20. The van der Waals surface area contributed by atoms with E-state index in [0.717, 1.165) is 30.5 Å². The molecule has 0 saturated carbocycles. The smallest absolute Gasteiger partial charge is 0.279 e. The lowest BCUT2D eigenvalue weighted by Gasteiger charge is -2.24. The molecular weight excluding hydrogens is 365 g/mol. The van der Waals surface area contributed by atoms with Crippen molar-refractivity contribution in [2.75, 3.05) is 13.2 Å². The van der Waals surface area contributed by atoms with Crippen molar-refractivity contribution < 1.29 is 18.8 Å². The van der Waals surface area contributed by atoms with E-state index in [0.29, 0.717) is 19.7 Å². The number of aromatic nitrogens is 1. The quantitative estimate of drug-likeness (QED) is 0.414. The van der Waals surface area contributed by atoms with E-state index in [2.05, 4.69) is 4.98 Å². The Bertz CT molecular complexity index is 867. The van der Waals surface area contributed by atoms with Crippen LogP contribution in [0.3, 0.4) is 0 Å². The number of carbonyl (C=O) groups is 1. The molecule has 1 amide bonds. The first-order valence-electron chi connectivity index (χ1n) is 8.94. The number of rotatable bonds is 7. The number of amides is 1. The third kappa shape index (κ3) is 5.20. The number of hydrogen-bond acceptors (Lipinski definition) is 5. The Balaban J connectivity index is 1.78. The van der Waals surface area contributed by atoms with E-state index in [1.807, 2.05) is 6.07 Å². The molecule has 3 rings (SSSR count). The first-order valence-corrected chi connectivity index (χ1v) is 8.94. The molecule has 0 bridgehead atoms. The molecule has 146 valence electrons. The second-order valence-electron chi connectivity index (χ2n) is 6.51. The summed E-state index contributed by atoms with van der Waals surface area (Å²) in [6, 6.07) is 6.91. The number of benzene rings is 1. The van der Waals surface area contributed by atoms with Crippen molar-refractivity contribution >= 4 is 17.7 Å². The van der Waals surface area contributed by atoms with E-state index < -0.39 is 10.7 Å². The van der Waals surface area contributed by atoms with Gasteiger partial charge >= 0.3 is 0 Å². The Hall–Kier alpha value is -3.13. The lowest BCUT2D eigenvalue weighted by atomic mass is 10.1. The third-order valence-corrected chi connectivity index (χ3v) is 4.45. The number of nitro benzene ring substituents is 1. The highest BCUT2D eigenvalue weighted by Crippen LogP contribution is 2.21. The lowest BCUT2D eigenvalue weighted by molar-refractivity contribution is -0.385. The van der Waals surface area contributed by atoms with Gasteiger partial charge in [-0.3, -0.25) is 19.9 Å². The van der Waals surface area contributed by atoms with E-state index in [1.54, 1.807) is 23.4 Å². The van der Waals surface area contributed by atoms with Gasteiger partial charge in [0.25, 0.3) is 5.69 Å². The van der Waals surface area contributed by atoms with Crippen molar-refractivity contribution in [3.8, 4) is 0 Å². The average molecular weight is 385 g/mol. The largest absolute Gasteiger partial charge is 0.376 e. The van der Waals surface area contributed by atoms with Crippen LogP contribution < -0.4 is 0 Å². The molecule has 0 aliphatic carbocycles. The van der Waals surface area contributed by atoms with Gasteiger partial charge in [-0.1, -0.05) is 6.07 Å². The molecule has 1 fully saturated rings. The van der Waals surface area contributed by atoms with Gasteiger partial charge in [-0.05, 0) is 42.7 Å². The number of ether oxygens (including phenoxy) is 1. The van der Waals surface area contributed by atoms with Gasteiger partial charge in [0.2, 0.25) is 5.91 Å². The van der Waals surface area contributed by atoms with Crippen LogP contribution in [-0.4, -0.2) is 40.0 Å². The number of halogens is 1. The highest BCUT2D eigenvalue weighted by Gasteiger charge is 2.22. The normalized spacial score (nSPS) is 16.4. The fourth-order valence-corrected chi connectivity index (χ4v) is 3.06. The van der Waals surface area contributed by atoms with Gasteiger partial charge in [0.15, 0.2) is 0 Å². The molecule has 28 heavy (non-hydrogen) atoms. The van der Waals surface area contributed by atoms with Gasteiger partial charge in [-0.15, -0.1) is 0 Å². The highest BCUT2D eigenvalue weighted by molar-refractivity contribution is 5.92. The number of nitro groups is 1. The number of nitrogens with zero attached hydrogens (tertiary/aromatic N) is 3. The standard InChI is InChI=1S/C20H20FN3O4/c21-17-7-5-16(19(11-17)24(26)27)6-8-20(25)23(14-18-4-2-10-28-18)13-15-3-1-9-22-12-15/h1,3,5-9,11-12,18H,2,4,10,13-14H2. The summed E-state index contributed by atoms with van der Waals surface area (Å²) in [6.45, 7) is 1.45. The van der Waals surface area contributed by atoms with E-state index >= 15 is 0 Å². The summed E-state index contributed by atoms with van der Waals surface area (Å²) < 4.78 is 18.9. The van der Waals surface area contributed by atoms with Crippen LogP contribution in [0.25, 0.3) is 6.08 Å². The molecule has 7 nitrogen and oxygen atoms in total. The summed E-state index contributed by atoms with van der Waals surface area (Å²) in [7, 11) is 0. The fraction of sp³-hybridized carbons (Fsp3) is 0.300. The molecule has 1 atom stereocenters. The van der Waals surface area contributed by atoms with Gasteiger partial charge in [-0.25, -0.2) is 4.39 Å². The van der Waals surface area contributed by atoms with Gasteiger partial charge < -0.3 is 9.64 Å². The highest BCUT2D eigenvalue weighted by atomic mass is 19.1. The lowest BCUT2D eigenvalue weighted by Crippen LogP contribution is -2.35. The summed E-state index contributed by atoms with van der Waals surface area (Å²) in [5.41, 5.74) is 0.648. The van der Waals surface area contributed by atoms with Gasteiger partial charge in [0.05, 0.1) is 22.7 Å². The maximum absolute atomic E-state index is 13.3. The van der Waals surface area contributed by atoms with Crippen molar-refractivity contribution in [1.82, 2.24) is 9.88 Å². The Morgan fingerprint density at radius 1 is 1.43 bits per heavy atom. The molecule has 1 aliphatic heterocycles. The predicted octanol–water partition coefficient (Wildman–Crippen LogP) is 3.35. The van der Waals surface area contributed by atoms with Crippen LogP contribution in [0.4, 0.5) is 10.1 Å². The molecule has 1 aromatic carbocycles. The minimum atomic E-state index is -0.702. The Morgan fingerprint density at radius 2 is 2.29 bits per heavy atom. The molecular formula is C20H20FN3O4. The van der Waals surface area contributed by atoms with E-state index in [1.165, 1.54) is 18.2 Å². The fourth-order valence-electron chi connectivity index (χ4n) is 3.06. The molecule has 0 radical (unpaired) electrons. The molecule has 8 heteroatoms. The molecule has 1 unspecified atom stereocenters. The maximum Gasteiger partial charge on any atom is 0.279 e. The molecule has 0 spiro atoms. The Labute approximate surface area is 161 Å². The topological polar surface area (TPSA) is 85.6 Å². The van der Waals surface area contributed by atoms with Crippen molar-refractivity contribution in [1.29, 1.82) is 0 Å². The zero-order valence-corrected chi connectivity index (χ0v) is 15.2. The van der Waals surface area contributed by atoms with Crippen LogP contribution in [0, 0.1) is 15.9 Å². The predicted molar refractivity (Wildman–Crippen MR) is 101 cm³/mol. The van der Waals surface area contributed by atoms with Gasteiger partial charge in [-0.2, -0.15) is 0 Å². The molecule has 1 saturated heterocycles. The summed E-state index contributed by atoms with van der Waals surface area (Å²) in [6.07, 6.45) is 7.75. The second kappa shape index (κ2) is 9.18. The van der Waals surface area contributed by atoms with Crippen molar-refractivity contribution in [3.05, 3.63) is 75.9 Å². The van der Waals surface area contributed by atoms with Crippen molar-refractivity contribution in [2.45, 2.75) is 25.5 Å². The first-order chi connectivity index (χ1) is 13.5. The summed E-state index contributed by atoms with van der Waals surface area (Å²) in [4.78, 5) is 28.9. The van der Waals surface area contributed by atoms with E-state index in [4.69, 9.17) is 4.74 Å². The van der Waals surface area contributed by atoms with Crippen molar-refractivity contribution in [2.24, 2.45) is 0 Å². The molecule has 2 heterocycles. The third-order valence-electron chi connectivity index (χ3n) is 4.45. The van der Waals surface area contributed by atoms with Crippen LogP contribution in [0.5, 0.6) is 0 Å². The monoisotopic (exact) mass is 385 g/mol. The Morgan fingerprint density at radius 3 is 2.96 bits per heavy atom. The summed E-state index contributed by atoms with van der Waals surface area (Å²) in [5, 5.41) is 11.1. The summed E-state index contributed by atoms with van der Waals surface area (Å²) in [5.74, 6) is -1.01. The van der Waals surface area contributed by atoms with E-state index in [9.17, 15) is 19.3 Å².